The van der Waals surface area contributed by atoms with Crippen molar-refractivity contribution in [2.24, 2.45) is 5.73 Å². The molecule has 0 unspecified atom stereocenters. The highest BCUT2D eigenvalue weighted by atomic mass is 16.5. The van der Waals surface area contributed by atoms with Gasteiger partial charge in [-0.15, -0.1) is 0 Å². The van der Waals surface area contributed by atoms with Crippen LogP contribution in [0.2, 0.25) is 0 Å². The maximum atomic E-state index is 11.4. The Labute approximate surface area is 160 Å². The van der Waals surface area contributed by atoms with E-state index in [1.807, 2.05) is 12.3 Å². The standard InChI is InChI=1S/C10H12N2.C9H12N2O5/c11-6-5-8-7-12-10-4-2-1-3-9(8)10;12-4-6-5(13)3-8(16-6)11-2-1-7(14)10-9(11)15/h1-4,7,12H,5-6,11H2;1-2,5-6,8,12-13H,3-4H2,(H,10,14,15)/t;5-,6+,8+/m.0/s1. The summed E-state index contributed by atoms with van der Waals surface area (Å²) >= 11 is 0. The minimum absolute atomic E-state index is 0.206. The predicted octanol–water partition coefficient (Wildman–Crippen LogP) is -0.154. The third kappa shape index (κ3) is 4.39. The Bertz CT molecular complexity index is 1020. The number of aliphatic hydroxyl groups is 2. The van der Waals surface area contributed by atoms with Crippen molar-refractivity contribution in [3.8, 4) is 0 Å². The number of H-pyrrole nitrogens is 2. The zero-order valence-corrected chi connectivity index (χ0v) is 15.2. The number of nitrogens with one attached hydrogen (secondary N) is 2. The molecule has 3 atom stereocenters. The van der Waals surface area contributed by atoms with Crippen molar-refractivity contribution in [2.75, 3.05) is 13.2 Å². The first-order chi connectivity index (χ1) is 13.5. The molecule has 3 heterocycles. The van der Waals surface area contributed by atoms with Crippen molar-refractivity contribution in [1.29, 1.82) is 0 Å². The molecule has 1 aliphatic rings. The number of hydrogen-bond donors (Lipinski definition) is 5. The van der Waals surface area contributed by atoms with Crippen molar-refractivity contribution < 1.29 is 14.9 Å². The van der Waals surface area contributed by atoms with Gasteiger partial charge in [-0.2, -0.15) is 0 Å². The number of nitrogens with two attached hydrogens (primary N) is 1. The van der Waals surface area contributed by atoms with E-state index in [1.165, 1.54) is 33.3 Å². The topological polar surface area (TPSA) is 146 Å². The van der Waals surface area contributed by atoms with E-state index in [-0.39, 0.29) is 13.0 Å². The van der Waals surface area contributed by atoms with Gasteiger partial charge in [0.15, 0.2) is 0 Å². The number of ether oxygens (including phenoxy) is 1. The normalized spacial score (nSPS) is 21.5. The average molecular weight is 388 g/mol. The van der Waals surface area contributed by atoms with Gasteiger partial charge in [0.25, 0.3) is 5.56 Å². The van der Waals surface area contributed by atoms with Crippen molar-refractivity contribution in [3.63, 3.8) is 0 Å². The molecular formula is C19H24N4O5. The second-order valence-electron chi connectivity index (χ2n) is 6.53. The Morgan fingerprint density at radius 1 is 1.25 bits per heavy atom. The molecule has 9 heteroatoms. The Kier molecular flexibility index (Phi) is 6.42. The minimum Gasteiger partial charge on any atom is -0.394 e. The lowest BCUT2D eigenvalue weighted by atomic mass is 10.1. The van der Waals surface area contributed by atoms with E-state index in [4.69, 9.17) is 15.6 Å². The lowest BCUT2D eigenvalue weighted by Gasteiger charge is -2.13. The third-order valence-corrected chi connectivity index (χ3v) is 4.63. The quantitative estimate of drug-likeness (QED) is 0.420. The smallest absolute Gasteiger partial charge is 0.330 e. The molecule has 6 N–H and O–H groups in total. The number of aromatic nitrogens is 3. The van der Waals surface area contributed by atoms with Gasteiger partial charge < -0.3 is 25.7 Å². The predicted molar refractivity (Wildman–Crippen MR) is 104 cm³/mol. The molecule has 3 aromatic rings. The van der Waals surface area contributed by atoms with Crippen LogP contribution in [0, 0.1) is 0 Å². The summed E-state index contributed by atoms with van der Waals surface area (Å²) in [5.41, 5.74) is 6.92. The number of aromatic amines is 2. The summed E-state index contributed by atoms with van der Waals surface area (Å²) in [5, 5.41) is 19.7. The summed E-state index contributed by atoms with van der Waals surface area (Å²) in [4.78, 5) is 27.6. The van der Waals surface area contributed by atoms with Crippen LogP contribution in [0.1, 0.15) is 18.2 Å². The summed E-state index contributed by atoms with van der Waals surface area (Å²) in [6, 6.07) is 9.48. The van der Waals surface area contributed by atoms with Gasteiger partial charge in [-0.05, 0) is 24.6 Å². The lowest BCUT2D eigenvalue weighted by molar-refractivity contribution is -0.0459. The second-order valence-corrected chi connectivity index (χ2v) is 6.53. The summed E-state index contributed by atoms with van der Waals surface area (Å²) in [6.07, 6.45) is 2.34. The van der Waals surface area contributed by atoms with Gasteiger partial charge in [0.1, 0.15) is 12.3 Å². The maximum absolute atomic E-state index is 11.4. The molecule has 0 amide bonds. The van der Waals surface area contributed by atoms with Crippen LogP contribution in [-0.4, -0.2) is 50.1 Å². The largest absolute Gasteiger partial charge is 0.394 e. The molecule has 9 nitrogen and oxygen atoms in total. The van der Waals surface area contributed by atoms with Gasteiger partial charge in [-0.1, -0.05) is 18.2 Å². The van der Waals surface area contributed by atoms with Crippen LogP contribution in [-0.2, 0) is 11.2 Å². The number of rotatable bonds is 4. The van der Waals surface area contributed by atoms with E-state index in [0.29, 0.717) is 6.54 Å². The van der Waals surface area contributed by atoms with Crippen LogP contribution >= 0.6 is 0 Å². The zero-order valence-electron chi connectivity index (χ0n) is 15.2. The molecule has 1 aliphatic heterocycles. The highest BCUT2D eigenvalue weighted by molar-refractivity contribution is 5.83. The van der Waals surface area contributed by atoms with E-state index >= 15 is 0 Å². The fourth-order valence-electron chi connectivity index (χ4n) is 3.20. The van der Waals surface area contributed by atoms with Gasteiger partial charge in [-0.3, -0.25) is 14.3 Å². The third-order valence-electron chi connectivity index (χ3n) is 4.63. The first kappa shape index (κ1) is 20.0. The minimum atomic E-state index is -0.811. The Morgan fingerprint density at radius 2 is 2.04 bits per heavy atom. The van der Waals surface area contributed by atoms with Crippen LogP contribution in [0.25, 0.3) is 10.9 Å². The first-order valence-corrected chi connectivity index (χ1v) is 9.04. The molecule has 0 spiro atoms. The molecule has 4 rings (SSSR count). The highest BCUT2D eigenvalue weighted by Crippen LogP contribution is 2.26. The van der Waals surface area contributed by atoms with Crippen LogP contribution in [0.5, 0.6) is 0 Å². The zero-order chi connectivity index (χ0) is 20.1. The summed E-state index contributed by atoms with van der Waals surface area (Å²) in [6.45, 7) is 0.400. The van der Waals surface area contributed by atoms with Crippen molar-refractivity contribution in [1.82, 2.24) is 14.5 Å². The summed E-state index contributed by atoms with van der Waals surface area (Å²) in [5.74, 6) is 0. The molecule has 2 aromatic heterocycles. The molecule has 0 radical (unpaired) electrons. The molecule has 1 saturated heterocycles. The van der Waals surface area contributed by atoms with Crippen molar-refractivity contribution in [3.05, 3.63) is 69.1 Å². The van der Waals surface area contributed by atoms with Crippen molar-refractivity contribution >= 4 is 10.9 Å². The number of hydrogen-bond acceptors (Lipinski definition) is 6. The highest BCUT2D eigenvalue weighted by Gasteiger charge is 2.34. The van der Waals surface area contributed by atoms with E-state index in [0.717, 1.165) is 6.42 Å². The molecule has 1 fully saturated rings. The second kappa shape index (κ2) is 8.98. The SMILES string of the molecule is NCCc1c[nH]c2ccccc12.O=c1ccn([C@H]2C[C@H](O)[C@@H](CO)O2)c(=O)[nH]1. The monoisotopic (exact) mass is 388 g/mol. The molecule has 0 aliphatic carbocycles. The van der Waals surface area contributed by atoms with Gasteiger partial charge in [0, 0.05) is 35.8 Å². The Hall–Kier alpha value is -2.72. The fraction of sp³-hybridized carbons (Fsp3) is 0.368. The molecule has 1 aromatic carbocycles. The van der Waals surface area contributed by atoms with Gasteiger partial charge >= 0.3 is 5.69 Å². The lowest BCUT2D eigenvalue weighted by Crippen LogP contribution is -2.31. The molecule has 150 valence electrons. The average Bonchev–Trinajstić information content (AvgIpc) is 3.26. The van der Waals surface area contributed by atoms with Crippen molar-refractivity contribution in [2.45, 2.75) is 31.3 Å². The van der Waals surface area contributed by atoms with E-state index < -0.39 is 29.7 Å². The maximum Gasteiger partial charge on any atom is 0.330 e. The van der Waals surface area contributed by atoms with Crippen LogP contribution in [0.3, 0.4) is 0 Å². The summed E-state index contributed by atoms with van der Waals surface area (Å²) < 4.78 is 6.45. The van der Waals surface area contributed by atoms with Crippen LogP contribution in [0.15, 0.2) is 52.3 Å². The number of benzene rings is 1. The number of aliphatic hydroxyl groups excluding tert-OH is 2. The number of fused-ring (bicyclic) bond motifs is 1. The summed E-state index contributed by atoms with van der Waals surface area (Å²) in [7, 11) is 0. The van der Waals surface area contributed by atoms with E-state index in [9.17, 15) is 14.7 Å². The van der Waals surface area contributed by atoms with Gasteiger partial charge in [-0.25, -0.2) is 4.79 Å². The number of para-hydroxylation sites is 1. The number of nitrogens with zero attached hydrogens (tertiary/aromatic N) is 1. The van der Waals surface area contributed by atoms with Crippen LogP contribution < -0.4 is 17.0 Å². The molecular weight excluding hydrogens is 364 g/mol. The molecule has 0 bridgehead atoms. The van der Waals surface area contributed by atoms with Gasteiger partial charge in [0.05, 0.1) is 12.7 Å². The van der Waals surface area contributed by atoms with Gasteiger partial charge in [0.2, 0.25) is 0 Å². The molecule has 28 heavy (non-hydrogen) atoms. The fourth-order valence-corrected chi connectivity index (χ4v) is 3.20. The Balaban J connectivity index is 0.000000167. The first-order valence-electron chi connectivity index (χ1n) is 9.04. The van der Waals surface area contributed by atoms with E-state index in [1.54, 1.807) is 0 Å². The Morgan fingerprint density at radius 3 is 2.71 bits per heavy atom. The van der Waals surface area contributed by atoms with E-state index in [2.05, 4.69) is 28.2 Å². The van der Waals surface area contributed by atoms with Crippen LogP contribution in [0.4, 0.5) is 0 Å². The molecule has 0 saturated carbocycles.